The molecule has 113 heavy (non-hydrogen) atoms. The summed E-state index contributed by atoms with van der Waals surface area (Å²) in [5.41, 5.74) is 0. The van der Waals surface area contributed by atoms with Crippen LogP contribution in [0.25, 0.3) is 0 Å². The average Bonchev–Trinajstić information content (AvgIpc) is 1.67. The van der Waals surface area contributed by atoms with Crippen LogP contribution in [0.5, 0.6) is 0 Å². The molecule has 1 radical (unpaired) electrons. The van der Waals surface area contributed by atoms with Crippen LogP contribution in [0.1, 0.15) is 154 Å². The Bertz CT molecular complexity index is 4000. The minimum Gasteiger partial charge on any atom is -0.748 e. The predicted molar refractivity (Wildman–Crippen MR) is 416 cm³/mol. The zero-order valence-electron chi connectivity index (χ0n) is 61.2. The molecule has 8 aliphatic carbocycles. The molecule has 0 aromatic heterocycles. The molecule has 10 saturated heterocycles. The van der Waals surface area contributed by atoms with Gasteiger partial charge in [0.1, 0.15) is 31.5 Å². The zero-order valence-corrected chi connectivity index (χ0v) is 73.3. The Morgan fingerprint density at radius 3 is 0.407 bits per heavy atom. The molecular formula is C64H104Cl6CuN16O18S8. The van der Waals surface area contributed by atoms with E-state index in [1.165, 1.54) is 0 Å². The third-order valence-electron chi connectivity index (χ3n) is 30.6. The first-order valence-electron chi connectivity index (χ1n) is 40.3. The summed E-state index contributed by atoms with van der Waals surface area (Å²) in [5, 5.41) is 38.9. The van der Waals surface area contributed by atoms with Crippen molar-refractivity contribution in [3.8, 4) is 0 Å². The first-order chi connectivity index (χ1) is 52.6. The number of rotatable bonds is 8. The van der Waals surface area contributed by atoms with Gasteiger partial charge < -0.3 is 9.11 Å². The first-order valence-corrected chi connectivity index (χ1v) is 57.5. The SMILES string of the molecule is O=S(=O)([O-])C1C2C3NC4NC(NC5NC(NC6NC(NC(N3)C2C(S(=O)(=O)Cl)C(S(=O)(=O)Cl)C1S(=O)(=O)Cl)C1CCCCC61)C1CCCCC51)C1CCCCC41.O=S(=O)([O-])C1C2C3NC4NC(NC5NC(NC6NC(NC(N3)C2C(S(=O)(=O)Cl)C(S(=O)(=O)Cl)C1S(=O)(=O)Cl)C1CCCCC61)C1CCCCC51)C1CCCCC41.[Cu+2]. The number of halogens is 6. The summed E-state index contributed by atoms with van der Waals surface area (Å²) in [6.07, 6.45) is 16.7. The Morgan fingerprint density at radius 2 is 0.283 bits per heavy atom. The second-order valence-electron chi connectivity index (χ2n) is 35.8. The molecule has 16 N–H and O–H groups in total. The molecular weight excluding hydrogens is 1810 g/mol. The molecule has 0 amide bonds. The minimum atomic E-state index is -5.72. The van der Waals surface area contributed by atoms with Gasteiger partial charge in [-0.05, 0) is 148 Å². The zero-order chi connectivity index (χ0) is 79.4. The van der Waals surface area contributed by atoms with E-state index in [-0.39, 0.29) is 114 Å². The van der Waals surface area contributed by atoms with Crippen LogP contribution in [0.15, 0.2) is 0 Å². The number of nitrogens with one attached hydrogen (secondary N) is 16. The molecule has 18 rings (SSSR count). The van der Waals surface area contributed by atoms with Gasteiger partial charge in [0.25, 0.3) is 0 Å². The Hall–Kier alpha value is 1.14. The summed E-state index contributed by atoms with van der Waals surface area (Å²) in [6.45, 7) is 0. The van der Waals surface area contributed by atoms with Gasteiger partial charge in [-0.2, -0.15) is 0 Å². The van der Waals surface area contributed by atoms with E-state index in [0.29, 0.717) is 23.7 Å². The second kappa shape index (κ2) is 32.5. The minimum absolute atomic E-state index is 0. The maximum absolute atomic E-state index is 13.7. The van der Waals surface area contributed by atoms with Gasteiger partial charge in [0.15, 0.2) is 0 Å². The van der Waals surface area contributed by atoms with E-state index in [2.05, 4.69) is 85.1 Å². The molecule has 16 bridgehead atoms. The van der Waals surface area contributed by atoms with E-state index in [1.807, 2.05) is 0 Å². The van der Waals surface area contributed by atoms with Crippen molar-refractivity contribution in [1.82, 2.24) is 85.1 Å². The number of hydrogen-bond acceptors (Lipinski definition) is 34. The van der Waals surface area contributed by atoms with Crippen molar-refractivity contribution in [1.29, 1.82) is 0 Å². The molecule has 18 fully saturated rings. The van der Waals surface area contributed by atoms with Gasteiger partial charge >= 0.3 is 17.1 Å². The summed E-state index contributed by atoms with van der Waals surface area (Å²) in [7, 11) is -7.02. The van der Waals surface area contributed by atoms with Gasteiger partial charge in [-0.1, -0.05) is 77.0 Å². The van der Waals surface area contributed by atoms with Crippen molar-refractivity contribution < 1.29 is 93.5 Å². The molecule has 0 spiro atoms. The number of fused-ring (bicyclic) bond motifs is 40. The van der Waals surface area contributed by atoms with Gasteiger partial charge in [-0.25, -0.2) is 67.3 Å². The van der Waals surface area contributed by atoms with Crippen LogP contribution in [-0.2, 0) is 91.6 Å². The normalized spacial score (nSPS) is 50.6. The topological polar surface area (TPSA) is 512 Å². The Labute approximate surface area is 700 Å². The fraction of sp³-hybridized carbons (Fsp3) is 1.00. The van der Waals surface area contributed by atoms with E-state index in [4.69, 9.17) is 64.1 Å². The average molecular weight is 1920 g/mol. The Kier molecular flexibility index (Phi) is 25.2. The van der Waals surface area contributed by atoms with Crippen molar-refractivity contribution in [2.24, 2.45) is 94.7 Å². The molecule has 40 atom stereocenters. The molecule has 649 valence electrons. The van der Waals surface area contributed by atoms with Crippen LogP contribution >= 0.6 is 64.1 Å². The summed E-state index contributed by atoms with van der Waals surface area (Å²) < 4.78 is 243. The van der Waals surface area contributed by atoms with Crippen molar-refractivity contribution >= 4 is 139 Å². The Morgan fingerprint density at radius 1 is 0.177 bits per heavy atom. The monoisotopic (exact) mass is 1910 g/mol. The third-order valence-corrected chi connectivity index (χ3v) is 45.4. The van der Waals surface area contributed by atoms with Crippen LogP contribution in [0, 0.1) is 94.7 Å². The smallest absolute Gasteiger partial charge is 0.748 e. The van der Waals surface area contributed by atoms with Crippen molar-refractivity contribution in [3.63, 3.8) is 0 Å². The van der Waals surface area contributed by atoms with Crippen molar-refractivity contribution in [2.75, 3.05) is 0 Å². The summed E-state index contributed by atoms with van der Waals surface area (Å²) >= 11 is 0. The van der Waals surface area contributed by atoms with E-state index in [0.717, 1.165) is 154 Å². The van der Waals surface area contributed by atoms with Gasteiger partial charge in [0.05, 0.1) is 129 Å². The largest absolute Gasteiger partial charge is 2.00 e. The quantitative estimate of drug-likeness (QED) is 0.0830. The summed E-state index contributed by atoms with van der Waals surface area (Å²) in [4.78, 5) is 0. The predicted octanol–water partition coefficient (Wildman–Crippen LogP) is -0.461. The van der Waals surface area contributed by atoms with E-state index in [9.17, 15) is 76.4 Å². The first kappa shape index (κ1) is 87.6. The van der Waals surface area contributed by atoms with Crippen LogP contribution in [0.3, 0.4) is 0 Å². The van der Waals surface area contributed by atoms with Crippen LogP contribution in [-0.4, -0.2) is 217 Å². The van der Waals surface area contributed by atoms with Crippen LogP contribution in [0.2, 0.25) is 0 Å². The molecule has 18 aliphatic rings. The van der Waals surface area contributed by atoms with Gasteiger partial charge in [0, 0.05) is 87.8 Å². The van der Waals surface area contributed by atoms with Crippen molar-refractivity contribution in [3.05, 3.63) is 0 Å². The van der Waals surface area contributed by atoms with Crippen molar-refractivity contribution in [2.45, 2.75) is 295 Å². The standard InChI is InChI=1S/2C32H53Cl3N8O9S4.Cu/c2*33-53(44,45)21-19-20(22(56(50,51)52)24(55(35,48)49)23(21)54(34,46)47)32-42-30-18-12-6-4-10-16(18)28(40-30)38-26-14-8-2-1-7-13(14)25(36-26)37-27-15-9-3-5-11-17(15)29(39-27)41-31(19)43-32;/h2*13-32,36-43H,1-12H2,(H,50,51,52);/q;;+2/p-2. The molecule has 34 nitrogen and oxygen atoms in total. The maximum Gasteiger partial charge on any atom is 2.00 e. The molecule has 0 aromatic rings. The Balaban J connectivity index is 0.000000169. The summed E-state index contributed by atoms with van der Waals surface area (Å²) in [5.74, 6) is -3.93. The van der Waals surface area contributed by atoms with E-state index < -0.39 is 190 Å². The molecule has 49 heteroatoms. The van der Waals surface area contributed by atoms with Gasteiger partial charge in [0.2, 0.25) is 54.3 Å². The van der Waals surface area contributed by atoms with Crippen LogP contribution < -0.4 is 85.1 Å². The van der Waals surface area contributed by atoms with Gasteiger partial charge in [-0.15, -0.1) is 0 Å². The molecule has 0 aromatic carbocycles. The third kappa shape index (κ3) is 16.5. The van der Waals surface area contributed by atoms with E-state index in [1.54, 1.807) is 0 Å². The fourth-order valence-corrected chi connectivity index (χ4v) is 46.9. The van der Waals surface area contributed by atoms with E-state index >= 15 is 0 Å². The molecule has 8 saturated carbocycles. The summed E-state index contributed by atoms with van der Waals surface area (Å²) in [6, 6.07) is 0. The molecule has 40 unspecified atom stereocenters. The second-order valence-corrected chi connectivity index (χ2v) is 55.6. The maximum atomic E-state index is 13.7. The number of hydrogen-bond donors (Lipinski definition) is 16. The van der Waals surface area contributed by atoms with Gasteiger partial charge in [-0.3, -0.25) is 85.1 Å². The fourth-order valence-electron chi connectivity index (χ4n) is 26.7. The molecule has 10 aliphatic heterocycles. The molecule has 10 heterocycles. The van der Waals surface area contributed by atoms with Crippen LogP contribution in [0.4, 0.5) is 0 Å².